The van der Waals surface area contributed by atoms with Crippen LogP contribution in [0.25, 0.3) is 0 Å². The molecular formula is C22H45NO8. The van der Waals surface area contributed by atoms with Crippen LogP contribution in [0, 0.1) is 0 Å². The number of amides is 1. The topological polar surface area (TPSA) is 182 Å². The summed E-state index contributed by atoms with van der Waals surface area (Å²) in [5.74, 6) is -1.88. The van der Waals surface area contributed by atoms with Gasteiger partial charge in [0, 0.05) is 6.42 Å². The van der Waals surface area contributed by atoms with Crippen molar-refractivity contribution in [2.45, 2.75) is 121 Å². The number of hydrogen-bond donors (Lipinski definition) is 7. The molecule has 0 unspecified atom stereocenters. The maximum Gasteiger partial charge on any atom is 0.303 e. The number of rotatable bonds is 19. The van der Waals surface area contributed by atoms with E-state index >= 15 is 0 Å². The van der Waals surface area contributed by atoms with Crippen LogP contribution in [0.3, 0.4) is 0 Å². The predicted octanol–water partition coefficient (Wildman–Crippen LogP) is 1.46. The van der Waals surface area contributed by atoms with Gasteiger partial charge in [0.2, 0.25) is 5.91 Å². The van der Waals surface area contributed by atoms with E-state index in [0.29, 0.717) is 6.42 Å². The Kier molecular flexibility index (Phi) is 22.6. The van der Waals surface area contributed by atoms with Crippen molar-refractivity contribution in [3.8, 4) is 0 Å². The first kappa shape index (κ1) is 31.9. The van der Waals surface area contributed by atoms with Gasteiger partial charge in [0.05, 0.1) is 6.61 Å². The van der Waals surface area contributed by atoms with E-state index < -0.39 is 42.9 Å². The van der Waals surface area contributed by atoms with Crippen LogP contribution in [0.5, 0.6) is 0 Å². The molecule has 0 aliphatic rings. The predicted molar refractivity (Wildman–Crippen MR) is 118 cm³/mol. The molecule has 0 saturated heterocycles. The van der Waals surface area contributed by atoms with Gasteiger partial charge < -0.3 is 36.4 Å². The molecule has 0 saturated carbocycles. The van der Waals surface area contributed by atoms with Crippen molar-refractivity contribution in [1.82, 2.24) is 0 Å². The number of unbranched alkanes of at least 4 members (excludes halogenated alkanes) is 12. The summed E-state index contributed by atoms with van der Waals surface area (Å²) in [5.41, 5.74) is 4.61. The molecule has 0 radical (unpaired) electrons. The highest BCUT2D eigenvalue weighted by Gasteiger charge is 2.32. The maximum absolute atomic E-state index is 10.3. The fourth-order valence-electron chi connectivity index (χ4n) is 2.98. The summed E-state index contributed by atoms with van der Waals surface area (Å²) in [6.07, 6.45) is 9.92. The smallest absolute Gasteiger partial charge is 0.303 e. The highest BCUT2D eigenvalue weighted by molar-refractivity contribution is 5.79. The third-order valence-corrected chi connectivity index (χ3v) is 5.04. The normalized spacial score (nSPS) is 14.8. The molecule has 31 heavy (non-hydrogen) atoms. The van der Waals surface area contributed by atoms with Gasteiger partial charge in [-0.1, -0.05) is 84.0 Å². The second-order valence-electron chi connectivity index (χ2n) is 7.96. The number of carbonyl (C=O) groups is 2. The van der Waals surface area contributed by atoms with Crippen LogP contribution in [0.1, 0.15) is 96.8 Å². The first-order chi connectivity index (χ1) is 14.7. The van der Waals surface area contributed by atoms with E-state index in [1.807, 2.05) is 0 Å². The molecule has 0 bridgehead atoms. The lowest BCUT2D eigenvalue weighted by molar-refractivity contribution is -0.146. The number of aliphatic hydroxyl groups is 5. The molecule has 0 aliphatic heterocycles. The van der Waals surface area contributed by atoms with E-state index in [-0.39, 0.29) is 0 Å². The largest absolute Gasteiger partial charge is 0.481 e. The molecule has 186 valence electrons. The van der Waals surface area contributed by atoms with Gasteiger partial charge in [0.15, 0.2) is 6.10 Å². The standard InChI is InChI=1S/C16H32O2.C6H13NO6/c1-2-3-4-5-6-7-8-9-10-11-12-13-14-15-16(17)18;7-6(13)5(12)4(11)3(10)2(9)1-8/h2-15H2,1H3,(H,17,18);2-5,8-12H,1H2,(H2,7,13)/t;2-,3-,4+,5-/m.1/s1. The van der Waals surface area contributed by atoms with Crippen molar-refractivity contribution in [1.29, 1.82) is 0 Å². The Morgan fingerprint density at radius 2 is 1.10 bits per heavy atom. The number of aliphatic hydroxyl groups excluding tert-OH is 5. The van der Waals surface area contributed by atoms with Crippen LogP contribution < -0.4 is 5.73 Å². The highest BCUT2D eigenvalue weighted by atomic mass is 16.4. The van der Waals surface area contributed by atoms with Crippen LogP contribution in [0.15, 0.2) is 0 Å². The lowest BCUT2D eigenvalue weighted by Gasteiger charge is -2.23. The Balaban J connectivity index is 0. The second-order valence-corrected chi connectivity index (χ2v) is 7.96. The molecule has 1 amide bonds. The lowest BCUT2D eigenvalue weighted by atomic mass is 10.0. The van der Waals surface area contributed by atoms with E-state index in [9.17, 15) is 9.59 Å². The van der Waals surface area contributed by atoms with E-state index in [2.05, 4.69) is 12.7 Å². The average molecular weight is 452 g/mol. The fourth-order valence-corrected chi connectivity index (χ4v) is 2.98. The monoisotopic (exact) mass is 451 g/mol. The second kappa shape index (κ2) is 22.0. The van der Waals surface area contributed by atoms with Crippen molar-refractivity contribution in [3.63, 3.8) is 0 Å². The number of carboxylic acids is 1. The van der Waals surface area contributed by atoms with E-state index in [4.69, 9.17) is 30.6 Å². The third-order valence-electron chi connectivity index (χ3n) is 5.04. The minimum Gasteiger partial charge on any atom is -0.481 e. The zero-order chi connectivity index (χ0) is 24.1. The quantitative estimate of drug-likeness (QED) is 0.144. The number of nitrogens with two attached hydrogens (primary N) is 1. The lowest BCUT2D eigenvalue weighted by Crippen LogP contribution is -2.50. The van der Waals surface area contributed by atoms with Crippen LogP contribution in [0.2, 0.25) is 0 Å². The summed E-state index contributed by atoms with van der Waals surface area (Å²) in [6.45, 7) is 1.46. The zero-order valence-electron chi connectivity index (χ0n) is 19.0. The van der Waals surface area contributed by atoms with Crippen LogP contribution in [-0.4, -0.2) is 73.5 Å². The van der Waals surface area contributed by atoms with Crippen LogP contribution >= 0.6 is 0 Å². The van der Waals surface area contributed by atoms with Crippen molar-refractivity contribution in [2.75, 3.05) is 6.61 Å². The fraction of sp³-hybridized carbons (Fsp3) is 0.909. The molecule has 0 aromatic carbocycles. The summed E-state index contributed by atoms with van der Waals surface area (Å²) in [5, 5.41) is 52.4. The number of aliphatic carboxylic acids is 1. The molecule has 0 spiro atoms. The Labute approximate surface area is 186 Å². The summed E-state index contributed by atoms with van der Waals surface area (Å²) in [7, 11) is 0. The van der Waals surface area contributed by atoms with Crippen LogP contribution in [-0.2, 0) is 9.59 Å². The Morgan fingerprint density at radius 1 is 0.710 bits per heavy atom. The van der Waals surface area contributed by atoms with Crippen molar-refractivity contribution >= 4 is 11.9 Å². The Morgan fingerprint density at radius 3 is 1.42 bits per heavy atom. The van der Waals surface area contributed by atoms with E-state index in [1.165, 1.54) is 70.6 Å². The molecule has 0 aliphatic carbocycles. The van der Waals surface area contributed by atoms with Gasteiger partial charge in [-0.3, -0.25) is 9.59 Å². The summed E-state index contributed by atoms with van der Waals surface area (Å²) in [4.78, 5) is 20.6. The van der Waals surface area contributed by atoms with Crippen molar-refractivity contribution in [3.05, 3.63) is 0 Å². The Hall–Kier alpha value is -1.26. The molecule has 9 heteroatoms. The molecule has 8 N–H and O–H groups in total. The number of carboxylic acid groups (broad SMARTS) is 1. The number of hydrogen-bond acceptors (Lipinski definition) is 7. The minimum absolute atomic E-state index is 0.345. The number of carbonyl (C=O) groups excluding carboxylic acids is 1. The van der Waals surface area contributed by atoms with E-state index in [0.717, 1.165) is 12.8 Å². The molecule has 9 nitrogen and oxygen atoms in total. The van der Waals surface area contributed by atoms with Gasteiger partial charge in [-0.2, -0.15) is 0 Å². The van der Waals surface area contributed by atoms with Gasteiger partial charge in [-0.15, -0.1) is 0 Å². The minimum atomic E-state index is -1.98. The molecular weight excluding hydrogens is 406 g/mol. The highest BCUT2D eigenvalue weighted by Crippen LogP contribution is 2.12. The zero-order valence-corrected chi connectivity index (χ0v) is 19.0. The van der Waals surface area contributed by atoms with Gasteiger partial charge in [-0.25, -0.2) is 0 Å². The van der Waals surface area contributed by atoms with Crippen LogP contribution in [0.4, 0.5) is 0 Å². The third kappa shape index (κ3) is 20.4. The molecule has 0 aromatic heterocycles. The summed E-state index contributed by atoms with van der Waals surface area (Å²) >= 11 is 0. The number of primary amides is 1. The summed E-state index contributed by atoms with van der Waals surface area (Å²) < 4.78 is 0. The molecule has 0 aromatic rings. The summed E-state index contributed by atoms with van der Waals surface area (Å²) in [6, 6.07) is 0. The van der Waals surface area contributed by atoms with Gasteiger partial charge in [0.1, 0.15) is 18.3 Å². The first-order valence-corrected chi connectivity index (χ1v) is 11.5. The Bertz CT molecular complexity index is 436. The SMILES string of the molecule is CCCCCCCCCCCCCCCC(=O)O.NC(=O)[C@H](O)[C@@H](O)[C@H](O)[C@H](O)CO. The molecule has 0 rings (SSSR count). The average Bonchev–Trinajstić information content (AvgIpc) is 2.74. The molecule has 4 atom stereocenters. The first-order valence-electron chi connectivity index (χ1n) is 11.5. The van der Waals surface area contributed by atoms with Gasteiger partial charge >= 0.3 is 5.97 Å². The van der Waals surface area contributed by atoms with E-state index in [1.54, 1.807) is 0 Å². The van der Waals surface area contributed by atoms with Crippen molar-refractivity contribution < 1.29 is 40.2 Å². The maximum atomic E-state index is 10.3. The molecule has 0 fully saturated rings. The van der Waals surface area contributed by atoms with Crippen molar-refractivity contribution in [2.24, 2.45) is 5.73 Å². The molecule has 0 heterocycles. The van der Waals surface area contributed by atoms with Gasteiger partial charge in [-0.05, 0) is 6.42 Å². The van der Waals surface area contributed by atoms with Gasteiger partial charge in [0.25, 0.3) is 0 Å².